The van der Waals surface area contributed by atoms with Gasteiger partial charge in [-0.05, 0) is 266 Å². The Morgan fingerprint density at radius 1 is 0.250 bits per heavy atom. The van der Waals surface area contributed by atoms with Crippen molar-refractivity contribution in [2.75, 3.05) is 0 Å². The molecule has 0 unspecified atom stereocenters. The summed E-state index contributed by atoms with van der Waals surface area (Å²) in [5.74, 6) is 0.633. The smallest absolute Gasteiger partial charge is 0.0652 e. The molecule has 19 aromatic carbocycles. The van der Waals surface area contributed by atoms with E-state index < -0.39 is 8.07 Å². The first kappa shape index (κ1) is 65.3. The predicted octanol–water partition coefficient (Wildman–Crippen LogP) is 29.8. The molecule has 20 rings (SSSR count). The molecule has 0 atom stereocenters. The van der Waals surface area contributed by atoms with E-state index in [9.17, 15) is 0 Å². The normalized spacial score (nSPS) is 13.0. The van der Waals surface area contributed by atoms with Crippen molar-refractivity contribution in [1.29, 1.82) is 0 Å². The summed E-state index contributed by atoms with van der Waals surface area (Å²) in [5, 5.41) is 24.2. The first-order chi connectivity index (χ1) is 53.1. The van der Waals surface area contributed by atoms with E-state index in [1.54, 1.807) is 0 Å². The number of hydrogen-bond acceptors (Lipinski definition) is 0. The van der Waals surface area contributed by atoms with Gasteiger partial charge in [-0.25, -0.2) is 0 Å². The lowest BCUT2D eigenvalue weighted by Crippen LogP contribution is -2.44. The van der Waals surface area contributed by atoms with Crippen molar-refractivity contribution in [2.45, 2.75) is 71.0 Å². The lowest BCUT2D eigenvalue weighted by Gasteiger charge is -2.25. The van der Waals surface area contributed by atoms with Crippen LogP contribution in [-0.4, -0.2) is 8.07 Å². The van der Waals surface area contributed by atoms with E-state index in [0.717, 1.165) is 6.04 Å². The number of hydrogen-bond donors (Lipinski definition) is 0. The summed E-state index contributed by atoms with van der Waals surface area (Å²) in [6.07, 6.45) is 6.55. The Morgan fingerprint density at radius 2 is 0.639 bits per heavy atom. The van der Waals surface area contributed by atoms with Crippen LogP contribution < -0.4 is 5.19 Å². The van der Waals surface area contributed by atoms with E-state index in [0.29, 0.717) is 5.92 Å². The Bertz CT molecular complexity index is 6750. The van der Waals surface area contributed by atoms with Gasteiger partial charge in [0.2, 0.25) is 0 Å². The van der Waals surface area contributed by atoms with Crippen LogP contribution in [0, 0.1) is 13.8 Å². The topological polar surface area (TPSA) is 0 Å². The maximum absolute atomic E-state index is 2.55. The molecule has 0 N–H and O–H groups in total. The van der Waals surface area contributed by atoms with Crippen LogP contribution in [0.5, 0.6) is 0 Å². The molecule has 0 heterocycles. The van der Waals surface area contributed by atoms with Crippen LogP contribution in [0.3, 0.4) is 0 Å². The molecule has 0 bridgehead atoms. The second-order valence-corrected chi connectivity index (χ2v) is 36.1. The van der Waals surface area contributed by atoms with Gasteiger partial charge in [0.05, 0.1) is 8.07 Å². The Kier molecular flexibility index (Phi) is 16.1. The summed E-state index contributed by atoms with van der Waals surface area (Å²) in [6.45, 7) is 9.63. The molecule has 1 saturated carbocycles. The summed E-state index contributed by atoms with van der Waals surface area (Å²) in [4.78, 5) is 0. The van der Waals surface area contributed by atoms with Crippen molar-refractivity contribution in [2.24, 2.45) is 0 Å². The molecule has 0 spiro atoms. The minimum Gasteiger partial charge on any atom is -0.0652 e. The fourth-order valence-electron chi connectivity index (χ4n) is 18.9. The SMILES string of the molecule is Cc1ccc2cc(-c3c4ccccc4c(-c4ccc5cc(C[Si](C)(C)c6ccc(-c7ccc(-c8c9ccccc9c(-c9ccccc9)c9ccccc89)cc7)cc6)c(C)cc5c4)c4cc(-c5ccc6c(-c7cccc8ccccc78)c7ccccc7c(-c7ccc(C8CCCCC8)cc7)c6c5)ccc34)ccc2c1. The van der Waals surface area contributed by atoms with E-state index in [1.165, 1.54) is 246 Å². The maximum Gasteiger partial charge on any atom is 0.0849 e. The fraction of sp³-hybridized carbons (Fsp3) is 0.103. The highest BCUT2D eigenvalue weighted by molar-refractivity contribution is 6.89. The third kappa shape index (κ3) is 11.3. The zero-order valence-corrected chi connectivity index (χ0v) is 62.7. The van der Waals surface area contributed by atoms with E-state index in [4.69, 9.17) is 0 Å². The van der Waals surface area contributed by atoms with E-state index in [-0.39, 0.29) is 0 Å². The largest absolute Gasteiger partial charge is 0.0849 e. The minimum absolute atomic E-state index is 0.633. The van der Waals surface area contributed by atoms with Gasteiger partial charge in [-0.1, -0.05) is 365 Å². The Hall–Kier alpha value is -12.3. The lowest BCUT2D eigenvalue weighted by molar-refractivity contribution is 0.443. The van der Waals surface area contributed by atoms with Gasteiger partial charge >= 0.3 is 0 Å². The lowest BCUT2D eigenvalue weighted by atomic mass is 9.81. The van der Waals surface area contributed by atoms with Gasteiger partial charge < -0.3 is 0 Å². The molecule has 514 valence electrons. The molecule has 0 radical (unpaired) electrons. The van der Waals surface area contributed by atoms with Gasteiger partial charge in [0.1, 0.15) is 0 Å². The first-order valence-electron chi connectivity index (χ1n) is 38.9. The van der Waals surface area contributed by atoms with Crippen LogP contribution in [0.25, 0.3) is 186 Å². The molecular weight excluding hydrogens is 1310 g/mol. The van der Waals surface area contributed by atoms with Crippen LogP contribution in [0.15, 0.2) is 346 Å². The molecule has 1 fully saturated rings. The highest BCUT2D eigenvalue weighted by Crippen LogP contribution is 2.51. The Morgan fingerprint density at radius 3 is 1.21 bits per heavy atom. The molecule has 0 aromatic heterocycles. The summed E-state index contributed by atoms with van der Waals surface area (Å²) in [7, 11) is -1.99. The molecule has 0 saturated heterocycles. The maximum atomic E-state index is 2.55. The average Bonchev–Trinajstić information content (AvgIpc) is 0.735. The van der Waals surface area contributed by atoms with Crippen molar-refractivity contribution >= 4 is 110 Å². The number of aryl methyl sites for hydroxylation is 2. The van der Waals surface area contributed by atoms with E-state index in [2.05, 4.69) is 373 Å². The van der Waals surface area contributed by atoms with Crippen molar-refractivity contribution in [1.82, 2.24) is 0 Å². The summed E-state index contributed by atoms with van der Waals surface area (Å²) >= 11 is 0. The Labute approximate surface area is 633 Å². The number of benzene rings is 19. The molecule has 0 nitrogen and oxygen atoms in total. The van der Waals surface area contributed by atoms with Crippen LogP contribution >= 0.6 is 0 Å². The molecule has 108 heavy (non-hydrogen) atoms. The molecule has 1 aliphatic rings. The van der Waals surface area contributed by atoms with Gasteiger partial charge in [-0.3, -0.25) is 0 Å². The molecule has 1 aliphatic carbocycles. The van der Waals surface area contributed by atoms with Crippen molar-refractivity contribution in [3.05, 3.63) is 368 Å². The molecule has 1 heteroatoms. The van der Waals surface area contributed by atoms with E-state index in [1.807, 2.05) is 0 Å². The van der Waals surface area contributed by atoms with Crippen molar-refractivity contribution < 1.29 is 0 Å². The zero-order chi connectivity index (χ0) is 72.1. The van der Waals surface area contributed by atoms with Gasteiger partial charge in [-0.15, -0.1) is 0 Å². The molecule has 0 amide bonds. The summed E-state index contributed by atoms with van der Waals surface area (Å²) < 4.78 is 0. The molecule has 19 aromatic rings. The second-order valence-electron chi connectivity index (χ2n) is 31.4. The van der Waals surface area contributed by atoms with Crippen molar-refractivity contribution in [3.8, 4) is 89.0 Å². The molecule has 0 aliphatic heterocycles. The van der Waals surface area contributed by atoms with Gasteiger partial charge in [0, 0.05) is 0 Å². The Balaban J connectivity index is 0.679. The van der Waals surface area contributed by atoms with Crippen LogP contribution in [-0.2, 0) is 6.04 Å². The zero-order valence-electron chi connectivity index (χ0n) is 61.7. The average molecular weight is 1400 g/mol. The minimum atomic E-state index is -1.99. The fourth-order valence-corrected chi connectivity index (χ4v) is 21.5. The highest BCUT2D eigenvalue weighted by atomic mass is 28.3. The quantitative estimate of drug-likeness (QED) is 0.0845. The summed E-state index contributed by atoms with van der Waals surface area (Å²) in [6, 6.07) is 133. The second kappa shape index (κ2) is 26.6. The monoisotopic (exact) mass is 1390 g/mol. The van der Waals surface area contributed by atoms with Crippen molar-refractivity contribution in [3.63, 3.8) is 0 Å². The van der Waals surface area contributed by atoms with Gasteiger partial charge in [0.25, 0.3) is 0 Å². The first-order valence-corrected chi connectivity index (χ1v) is 42.1. The number of fused-ring (bicyclic) bond motifs is 9. The summed E-state index contributed by atoms with van der Waals surface area (Å²) in [5.41, 5.74) is 25.5. The van der Waals surface area contributed by atoms with Gasteiger partial charge in [0.15, 0.2) is 0 Å². The van der Waals surface area contributed by atoms with E-state index >= 15 is 0 Å². The third-order valence-corrected chi connectivity index (χ3v) is 27.5. The van der Waals surface area contributed by atoms with Crippen LogP contribution in [0.1, 0.15) is 60.3 Å². The van der Waals surface area contributed by atoms with Gasteiger partial charge in [-0.2, -0.15) is 0 Å². The van der Waals surface area contributed by atoms with Crippen LogP contribution in [0.2, 0.25) is 13.1 Å². The molecular formula is C107H82Si. The van der Waals surface area contributed by atoms with Crippen LogP contribution in [0.4, 0.5) is 0 Å². The number of rotatable bonds is 12. The third-order valence-electron chi connectivity index (χ3n) is 24.4. The predicted molar refractivity (Wildman–Crippen MR) is 470 cm³/mol. The highest BCUT2D eigenvalue weighted by Gasteiger charge is 2.28. The standard InChI is InChI=1S/C107H82Si/c1-68-38-39-79-62-83(50-48-78(79)60-68)105-94-33-17-18-34-95(94)106(100-65-81(54-58-98(100)105)82-55-59-99-101(66-82)104(77-46-40-71(41-47-77)70-22-7-5-8-23-70)96-35-19-20-36-97(96)107(99)89-37-21-27-74-24-11-12-28-88(74)89)84-51-49-80-63-86(69(2)61-85(80)64-84)67-108(3,4)87-56-52-73(53-57-87)72-42-44-76(45-43-72)103-92-31-15-13-29-90(92)102(75-25-9-6-10-26-75)91-30-14-16-32-93(91)103/h6,9-21,24-66,70H,5,7-8,22-23,67H2,1-4H3.